The maximum Gasteiger partial charge on any atom is 0.292 e. The molecule has 5 nitrogen and oxygen atoms in total. The van der Waals surface area contributed by atoms with Gasteiger partial charge in [-0.15, -0.1) is 0 Å². The molecule has 1 aliphatic heterocycles. The number of aliphatic hydroxyl groups excluding tert-OH is 1. The summed E-state index contributed by atoms with van der Waals surface area (Å²) in [6.45, 7) is 5.30. The average molecular weight is 252 g/mol. The highest BCUT2D eigenvalue weighted by Crippen LogP contribution is 2.20. The monoisotopic (exact) mass is 252 g/mol. The van der Waals surface area contributed by atoms with E-state index in [9.17, 15) is 9.90 Å². The van der Waals surface area contributed by atoms with Gasteiger partial charge in [-0.3, -0.25) is 4.79 Å². The van der Waals surface area contributed by atoms with Crippen molar-refractivity contribution in [3.05, 3.63) is 17.5 Å². The molecule has 1 aliphatic rings. The molecule has 1 atom stereocenters. The standard InChI is InChI=1S/C13H20N2O3/c1-3-9(2)11-8-12(18-14-11)13(17)15-6-4-10(16)5-7-15/h8-10,16H,3-7H2,1-2H3. The molecule has 0 radical (unpaired) electrons. The summed E-state index contributed by atoms with van der Waals surface area (Å²) in [6.07, 6.45) is 1.96. The third-order valence-corrected chi connectivity index (χ3v) is 3.61. The summed E-state index contributed by atoms with van der Waals surface area (Å²) >= 11 is 0. The first-order valence-corrected chi connectivity index (χ1v) is 6.55. The molecule has 0 aliphatic carbocycles. The Hall–Kier alpha value is -1.36. The average Bonchev–Trinajstić information content (AvgIpc) is 2.87. The molecule has 1 aromatic rings. The number of carbonyl (C=O) groups is 1. The van der Waals surface area contributed by atoms with Gasteiger partial charge in [0.1, 0.15) is 0 Å². The van der Waals surface area contributed by atoms with Crippen LogP contribution in [0.25, 0.3) is 0 Å². The van der Waals surface area contributed by atoms with E-state index in [2.05, 4.69) is 19.0 Å². The van der Waals surface area contributed by atoms with Crippen LogP contribution in [0.15, 0.2) is 10.6 Å². The Morgan fingerprint density at radius 2 is 2.28 bits per heavy atom. The molecule has 18 heavy (non-hydrogen) atoms. The van der Waals surface area contributed by atoms with E-state index in [1.54, 1.807) is 11.0 Å². The highest BCUT2D eigenvalue weighted by Gasteiger charge is 2.25. The van der Waals surface area contributed by atoms with Crippen molar-refractivity contribution in [1.29, 1.82) is 0 Å². The van der Waals surface area contributed by atoms with E-state index in [0.717, 1.165) is 12.1 Å². The first-order valence-electron chi connectivity index (χ1n) is 6.55. The second-order valence-electron chi connectivity index (χ2n) is 4.95. The molecule has 0 aromatic carbocycles. The largest absolute Gasteiger partial charge is 0.393 e. The zero-order valence-electron chi connectivity index (χ0n) is 10.9. The van der Waals surface area contributed by atoms with Crippen molar-refractivity contribution in [2.24, 2.45) is 0 Å². The molecule has 0 spiro atoms. The Morgan fingerprint density at radius 1 is 1.61 bits per heavy atom. The molecule has 1 amide bonds. The van der Waals surface area contributed by atoms with Crippen molar-refractivity contribution < 1.29 is 14.4 Å². The zero-order valence-corrected chi connectivity index (χ0v) is 10.9. The van der Waals surface area contributed by atoms with Gasteiger partial charge in [-0.2, -0.15) is 0 Å². The van der Waals surface area contributed by atoms with Crippen LogP contribution in [0.5, 0.6) is 0 Å². The van der Waals surface area contributed by atoms with Gasteiger partial charge in [0, 0.05) is 25.1 Å². The Labute approximate surface area is 107 Å². The molecule has 2 rings (SSSR count). The predicted octanol–water partition coefficient (Wildman–Crippen LogP) is 1.79. The lowest BCUT2D eigenvalue weighted by atomic mass is 10.0. The lowest BCUT2D eigenvalue weighted by Crippen LogP contribution is -2.39. The van der Waals surface area contributed by atoms with E-state index in [0.29, 0.717) is 37.6 Å². The SMILES string of the molecule is CCC(C)c1cc(C(=O)N2CCC(O)CC2)on1. The number of aromatic nitrogens is 1. The fraction of sp³-hybridized carbons (Fsp3) is 0.692. The second kappa shape index (κ2) is 5.52. The molecule has 1 aromatic heterocycles. The maximum absolute atomic E-state index is 12.1. The molecular weight excluding hydrogens is 232 g/mol. The molecule has 0 bridgehead atoms. The lowest BCUT2D eigenvalue weighted by Gasteiger charge is -2.28. The van der Waals surface area contributed by atoms with E-state index in [4.69, 9.17) is 4.52 Å². The van der Waals surface area contributed by atoms with E-state index >= 15 is 0 Å². The molecule has 1 fully saturated rings. The number of hydrogen-bond acceptors (Lipinski definition) is 4. The van der Waals surface area contributed by atoms with Gasteiger partial charge in [-0.1, -0.05) is 19.0 Å². The molecule has 2 heterocycles. The predicted molar refractivity (Wildman–Crippen MR) is 66.4 cm³/mol. The number of likely N-dealkylation sites (tertiary alicyclic amines) is 1. The van der Waals surface area contributed by atoms with Crippen LogP contribution in [0, 0.1) is 0 Å². The number of hydrogen-bond donors (Lipinski definition) is 1. The molecule has 0 saturated carbocycles. The topological polar surface area (TPSA) is 66.6 Å². The van der Waals surface area contributed by atoms with Crippen LogP contribution >= 0.6 is 0 Å². The lowest BCUT2D eigenvalue weighted by molar-refractivity contribution is 0.0512. The fourth-order valence-corrected chi connectivity index (χ4v) is 2.06. The van der Waals surface area contributed by atoms with Crippen molar-refractivity contribution in [3.63, 3.8) is 0 Å². The van der Waals surface area contributed by atoms with E-state index in [1.807, 2.05) is 0 Å². The number of piperidine rings is 1. The van der Waals surface area contributed by atoms with Crippen molar-refractivity contribution in [1.82, 2.24) is 10.1 Å². The summed E-state index contributed by atoms with van der Waals surface area (Å²) in [4.78, 5) is 13.9. The summed E-state index contributed by atoms with van der Waals surface area (Å²) in [7, 11) is 0. The number of amides is 1. The Morgan fingerprint density at radius 3 is 2.89 bits per heavy atom. The summed E-state index contributed by atoms with van der Waals surface area (Å²) in [5.41, 5.74) is 0.831. The molecule has 1 N–H and O–H groups in total. The molecular formula is C13H20N2O3. The molecule has 100 valence electrons. The zero-order chi connectivity index (χ0) is 13.1. The van der Waals surface area contributed by atoms with Gasteiger partial charge in [0.05, 0.1) is 11.8 Å². The second-order valence-corrected chi connectivity index (χ2v) is 4.95. The quantitative estimate of drug-likeness (QED) is 0.890. The Kier molecular flexibility index (Phi) is 4.01. The number of carbonyl (C=O) groups excluding carboxylic acids is 1. The number of rotatable bonds is 3. The smallest absolute Gasteiger partial charge is 0.292 e. The number of aliphatic hydroxyl groups is 1. The van der Waals surface area contributed by atoms with Gasteiger partial charge < -0.3 is 14.5 Å². The van der Waals surface area contributed by atoms with Crippen LogP contribution in [-0.2, 0) is 0 Å². The van der Waals surface area contributed by atoms with Crippen molar-refractivity contribution in [2.45, 2.75) is 45.1 Å². The fourth-order valence-electron chi connectivity index (χ4n) is 2.06. The first kappa shape index (κ1) is 13.1. The van der Waals surface area contributed by atoms with Gasteiger partial charge in [-0.25, -0.2) is 0 Å². The van der Waals surface area contributed by atoms with Gasteiger partial charge in [0.2, 0.25) is 5.76 Å². The number of nitrogens with zero attached hydrogens (tertiary/aromatic N) is 2. The third kappa shape index (κ3) is 2.72. The van der Waals surface area contributed by atoms with Crippen LogP contribution in [-0.4, -0.2) is 40.3 Å². The minimum atomic E-state index is -0.278. The first-order chi connectivity index (χ1) is 8.61. The highest BCUT2D eigenvalue weighted by atomic mass is 16.5. The summed E-state index contributed by atoms with van der Waals surface area (Å²) in [5, 5.41) is 13.4. The van der Waals surface area contributed by atoms with Crippen molar-refractivity contribution in [3.8, 4) is 0 Å². The van der Waals surface area contributed by atoms with E-state index in [-0.39, 0.29) is 12.0 Å². The normalized spacial score (nSPS) is 18.9. The van der Waals surface area contributed by atoms with Crippen LogP contribution in [0.4, 0.5) is 0 Å². The van der Waals surface area contributed by atoms with Crippen LogP contribution in [0.2, 0.25) is 0 Å². The van der Waals surface area contributed by atoms with E-state index < -0.39 is 0 Å². The van der Waals surface area contributed by atoms with Crippen LogP contribution < -0.4 is 0 Å². The van der Waals surface area contributed by atoms with Crippen LogP contribution in [0.3, 0.4) is 0 Å². The molecule has 1 unspecified atom stereocenters. The third-order valence-electron chi connectivity index (χ3n) is 3.61. The molecule has 1 saturated heterocycles. The minimum Gasteiger partial charge on any atom is -0.393 e. The van der Waals surface area contributed by atoms with Crippen LogP contribution in [0.1, 0.15) is 55.3 Å². The van der Waals surface area contributed by atoms with Gasteiger partial charge in [0.15, 0.2) is 0 Å². The highest BCUT2D eigenvalue weighted by molar-refractivity contribution is 5.91. The van der Waals surface area contributed by atoms with Gasteiger partial charge in [0.25, 0.3) is 5.91 Å². The van der Waals surface area contributed by atoms with Gasteiger partial charge in [-0.05, 0) is 19.3 Å². The summed E-state index contributed by atoms with van der Waals surface area (Å²) < 4.78 is 5.13. The van der Waals surface area contributed by atoms with Gasteiger partial charge >= 0.3 is 0 Å². The Bertz CT molecular complexity index is 408. The summed E-state index contributed by atoms with van der Waals surface area (Å²) in [5.74, 6) is 0.490. The summed E-state index contributed by atoms with van der Waals surface area (Å²) in [6, 6.07) is 1.74. The van der Waals surface area contributed by atoms with E-state index in [1.165, 1.54) is 0 Å². The minimum absolute atomic E-state index is 0.121. The molecule has 5 heteroatoms. The van der Waals surface area contributed by atoms with Crippen molar-refractivity contribution >= 4 is 5.91 Å². The Balaban J connectivity index is 2.02. The maximum atomic E-state index is 12.1. The van der Waals surface area contributed by atoms with Crippen molar-refractivity contribution in [2.75, 3.05) is 13.1 Å².